The molecule has 0 spiro atoms. The Labute approximate surface area is 160 Å². The Morgan fingerprint density at radius 3 is 3.00 bits per heavy atom. The number of nitrogens with one attached hydrogen (secondary N) is 2. The highest BCUT2D eigenvalue weighted by molar-refractivity contribution is 5.93. The molecule has 0 saturated carbocycles. The number of methoxy groups -OCH3 is 1. The number of aromatic nitrogens is 1. The average molecular weight is 377 g/mol. The summed E-state index contributed by atoms with van der Waals surface area (Å²) >= 11 is 0. The number of halogens is 1. The van der Waals surface area contributed by atoms with Crippen LogP contribution in [0.3, 0.4) is 0 Å². The lowest BCUT2D eigenvalue weighted by molar-refractivity contribution is -0.118. The summed E-state index contributed by atoms with van der Waals surface area (Å²) in [5.74, 6) is 0.628. The Balaban J connectivity index is 0.00000243. The Kier molecular flexibility index (Phi) is 7.38. The van der Waals surface area contributed by atoms with Crippen molar-refractivity contribution in [1.82, 2.24) is 15.2 Å². The molecule has 1 atom stereocenters. The monoisotopic (exact) mass is 376 g/mol. The SMILES string of the molecule is COc1ccc(C)cc1NC(=O)CN1CCNCC1c1cccnc1.Cl. The number of aryl methyl sites for hydroxylation is 1. The molecule has 6 nitrogen and oxygen atoms in total. The molecule has 140 valence electrons. The summed E-state index contributed by atoms with van der Waals surface area (Å²) in [7, 11) is 1.61. The van der Waals surface area contributed by atoms with Gasteiger partial charge in [0.25, 0.3) is 0 Å². The first-order valence-corrected chi connectivity index (χ1v) is 8.46. The van der Waals surface area contributed by atoms with E-state index in [1.54, 1.807) is 13.3 Å². The largest absolute Gasteiger partial charge is 0.495 e. The molecule has 1 fully saturated rings. The van der Waals surface area contributed by atoms with E-state index in [-0.39, 0.29) is 24.4 Å². The lowest BCUT2D eigenvalue weighted by Crippen LogP contribution is -2.48. The van der Waals surface area contributed by atoms with Crippen LogP contribution in [0, 0.1) is 6.92 Å². The molecule has 0 bridgehead atoms. The third-order valence-corrected chi connectivity index (χ3v) is 4.40. The third kappa shape index (κ3) is 4.94. The number of nitrogens with zero attached hydrogens (tertiary/aromatic N) is 2. The number of hydrogen-bond acceptors (Lipinski definition) is 5. The van der Waals surface area contributed by atoms with Gasteiger partial charge in [-0.05, 0) is 36.2 Å². The molecule has 1 aromatic carbocycles. The van der Waals surface area contributed by atoms with Crippen molar-refractivity contribution in [2.75, 3.05) is 38.6 Å². The minimum absolute atomic E-state index is 0. The van der Waals surface area contributed by atoms with Crippen molar-refractivity contribution in [3.05, 3.63) is 53.9 Å². The van der Waals surface area contributed by atoms with E-state index >= 15 is 0 Å². The number of hydrogen-bond donors (Lipinski definition) is 2. The van der Waals surface area contributed by atoms with Crippen LogP contribution in [0.4, 0.5) is 5.69 Å². The molecule has 26 heavy (non-hydrogen) atoms. The van der Waals surface area contributed by atoms with E-state index in [9.17, 15) is 4.79 Å². The molecular weight excluding hydrogens is 352 g/mol. The second kappa shape index (κ2) is 9.52. The summed E-state index contributed by atoms with van der Waals surface area (Å²) < 4.78 is 5.34. The number of carbonyl (C=O) groups is 1. The Morgan fingerprint density at radius 1 is 1.42 bits per heavy atom. The van der Waals surface area contributed by atoms with E-state index in [1.807, 2.05) is 37.4 Å². The van der Waals surface area contributed by atoms with Gasteiger partial charge in [-0.1, -0.05) is 12.1 Å². The van der Waals surface area contributed by atoms with E-state index < -0.39 is 0 Å². The van der Waals surface area contributed by atoms with Gasteiger partial charge in [-0.25, -0.2) is 0 Å². The van der Waals surface area contributed by atoms with Crippen molar-refractivity contribution < 1.29 is 9.53 Å². The molecule has 7 heteroatoms. The van der Waals surface area contributed by atoms with Crippen molar-refractivity contribution in [3.63, 3.8) is 0 Å². The number of rotatable bonds is 5. The van der Waals surface area contributed by atoms with Crippen LogP contribution >= 0.6 is 12.4 Å². The maximum atomic E-state index is 12.6. The summed E-state index contributed by atoms with van der Waals surface area (Å²) in [5.41, 5.74) is 2.91. The number of piperazine rings is 1. The first kappa shape index (κ1) is 20.2. The number of ether oxygens (including phenoxy) is 1. The number of anilines is 1. The quantitative estimate of drug-likeness (QED) is 0.838. The van der Waals surface area contributed by atoms with Crippen molar-refractivity contribution in [3.8, 4) is 5.75 Å². The van der Waals surface area contributed by atoms with Crippen molar-refractivity contribution in [2.24, 2.45) is 0 Å². The van der Waals surface area contributed by atoms with E-state index in [1.165, 1.54) is 0 Å². The third-order valence-electron chi connectivity index (χ3n) is 4.40. The van der Waals surface area contributed by atoms with Gasteiger partial charge in [0.2, 0.25) is 5.91 Å². The van der Waals surface area contributed by atoms with E-state index in [0.717, 1.165) is 30.8 Å². The van der Waals surface area contributed by atoms with E-state index in [2.05, 4.69) is 26.6 Å². The van der Waals surface area contributed by atoms with Crippen LogP contribution in [0.15, 0.2) is 42.7 Å². The molecule has 1 aromatic heterocycles. The standard InChI is InChI=1S/C19H24N4O2.ClH/c1-14-5-6-18(25-2)16(10-14)22-19(24)13-23-9-8-21-12-17(23)15-4-3-7-20-11-15;/h3-7,10-11,17,21H,8-9,12-13H2,1-2H3,(H,22,24);1H. The zero-order chi connectivity index (χ0) is 17.6. The van der Waals surface area contributed by atoms with Crippen molar-refractivity contribution >= 4 is 24.0 Å². The topological polar surface area (TPSA) is 66.5 Å². The van der Waals surface area contributed by atoms with Crippen LogP contribution in [0.1, 0.15) is 17.2 Å². The molecule has 2 N–H and O–H groups in total. The Bertz CT molecular complexity index is 727. The second-order valence-corrected chi connectivity index (χ2v) is 6.23. The average Bonchev–Trinajstić information content (AvgIpc) is 2.63. The first-order chi connectivity index (χ1) is 12.2. The molecule has 2 aromatic rings. The normalized spacial score (nSPS) is 17.2. The van der Waals surface area contributed by atoms with Gasteiger partial charge in [0.05, 0.1) is 19.3 Å². The van der Waals surface area contributed by atoms with Crippen LogP contribution in [0.2, 0.25) is 0 Å². The van der Waals surface area contributed by atoms with Gasteiger partial charge < -0.3 is 15.4 Å². The van der Waals surface area contributed by atoms with Gasteiger partial charge in [-0.2, -0.15) is 0 Å². The smallest absolute Gasteiger partial charge is 0.238 e. The molecule has 0 aliphatic carbocycles. The highest BCUT2D eigenvalue weighted by atomic mass is 35.5. The molecule has 1 aliphatic heterocycles. The van der Waals surface area contributed by atoms with Crippen molar-refractivity contribution in [1.29, 1.82) is 0 Å². The highest BCUT2D eigenvalue weighted by Crippen LogP contribution is 2.26. The van der Waals surface area contributed by atoms with Gasteiger partial charge in [0.1, 0.15) is 5.75 Å². The van der Waals surface area contributed by atoms with E-state index in [4.69, 9.17) is 4.74 Å². The molecule has 1 amide bonds. The molecule has 3 rings (SSSR count). The molecule has 1 aliphatic rings. The van der Waals surface area contributed by atoms with Crippen LogP contribution < -0.4 is 15.4 Å². The van der Waals surface area contributed by atoms with Crippen molar-refractivity contribution in [2.45, 2.75) is 13.0 Å². The minimum Gasteiger partial charge on any atom is -0.495 e. The molecular formula is C19H25ClN4O2. The molecule has 2 heterocycles. The lowest BCUT2D eigenvalue weighted by atomic mass is 10.1. The summed E-state index contributed by atoms with van der Waals surface area (Å²) in [4.78, 5) is 19.0. The molecule has 1 unspecified atom stereocenters. The fraction of sp³-hybridized carbons (Fsp3) is 0.368. The number of amides is 1. The zero-order valence-electron chi connectivity index (χ0n) is 15.1. The van der Waals surface area contributed by atoms with Crippen LogP contribution in [-0.4, -0.2) is 49.1 Å². The summed E-state index contributed by atoms with van der Waals surface area (Å²) in [6.45, 7) is 4.82. The van der Waals surface area contributed by atoms with Crippen LogP contribution in [0.5, 0.6) is 5.75 Å². The number of carbonyl (C=O) groups excluding carboxylic acids is 1. The predicted molar refractivity (Wildman–Crippen MR) is 105 cm³/mol. The molecule has 1 saturated heterocycles. The second-order valence-electron chi connectivity index (χ2n) is 6.23. The van der Waals surface area contributed by atoms with Gasteiger partial charge in [-0.15, -0.1) is 12.4 Å². The minimum atomic E-state index is -0.0420. The zero-order valence-corrected chi connectivity index (χ0v) is 15.9. The fourth-order valence-electron chi connectivity index (χ4n) is 3.13. The number of benzene rings is 1. The first-order valence-electron chi connectivity index (χ1n) is 8.46. The summed E-state index contributed by atoms with van der Waals surface area (Å²) in [6.07, 6.45) is 3.63. The van der Waals surface area contributed by atoms with Gasteiger partial charge in [0.15, 0.2) is 0 Å². The lowest BCUT2D eigenvalue weighted by Gasteiger charge is -2.35. The van der Waals surface area contributed by atoms with Gasteiger partial charge >= 0.3 is 0 Å². The van der Waals surface area contributed by atoms with Crippen LogP contribution in [0.25, 0.3) is 0 Å². The summed E-state index contributed by atoms with van der Waals surface area (Å²) in [5, 5.41) is 6.37. The maximum Gasteiger partial charge on any atom is 0.238 e. The maximum absolute atomic E-state index is 12.6. The summed E-state index contributed by atoms with van der Waals surface area (Å²) in [6, 6.07) is 9.89. The van der Waals surface area contributed by atoms with Gasteiger partial charge in [-0.3, -0.25) is 14.7 Å². The van der Waals surface area contributed by atoms with Gasteiger partial charge in [0, 0.05) is 38.1 Å². The number of pyridine rings is 1. The van der Waals surface area contributed by atoms with Crippen LogP contribution in [-0.2, 0) is 4.79 Å². The Morgan fingerprint density at radius 2 is 2.27 bits per heavy atom. The Hall–Kier alpha value is -2.15. The van der Waals surface area contributed by atoms with E-state index in [0.29, 0.717) is 18.0 Å². The highest BCUT2D eigenvalue weighted by Gasteiger charge is 2.25. The predicted octanol–water partition coefficient (Wildman–Crippen LogP) is 2.41. The molecule has 0 radical (unpaired) electrons. The fourth-order valence-corrected chi connectivity index (χ4v) is 3.13.